The molecule has 4 rings (SSSR count). The summed E-state index contributed by atoms with van der Waals surface area (Å²) in [4.78, 5) is 0. The van der Waals surface area contributed by atoms with Gasteiger partial charge >= 0.3 is 0 Å². The molecule has 0 bridgehead atoms. The third-order valence-corrected chi connectivity index (χ3v) is 7.68. The SMILES string of the molecule is Cc1ccc(C2CCC(C3CCC(C4COC(C=C(F)F)OC4)CC3)CC2)cc1. The van der Waals surface area contributed by atoms with Gasteiger partial charge in [-0.05, 0) is 87.5 Å². The van der Waals surface area contributed by atoms with Crippen molar-refractivity contribution in [1.82, 2.24) is 0 Å². The number of aryl methyl sites for hydroxylation is 1. The minimum atomic E-state index is -1.73. The molecule has 0 amide bonds. The van der Waals surface area contributed by atoms with E-state index < -0.39 is 12.4 Å². The quantitative estimate of drug-likeness (QED) is 0.547. The topological polar surface area (TPSA) is 18.5 Å². The van der Waals surface area contributed by atoms with Crippen molar-refractivity contribution in [3.05, 3.63) is 47.5 Å². The van der Waals surface area contributed by atoms with Crippen molar-refractivity contribution in [3.8, 4) is 0 Å². The van der Waals surface area contributed by atoms with E-state index in [2.05, 4.69) is 31.2 Å². The summed E-state index contributed by atoms with van der Waals surface area (Å²) in [5.41, 5.74) is 2.87. The zero-order chi connectivity index (χ0) is 20.2. The van der Waals surface area contributed by atoms with Crippen LogP contribution in [0.1, 0.15) is 68.4 Å². The van der Waals surface area contributed by atoms with Gasteiger partial charge in [0.05, 0.1) is 13.2 Å². The molecule has 3 fully saturated rings. The highest BCUT2D eigenvalue weighted by Gasteiger charge is 2.35. The normalized spacial score (nSPS) is 35.8. The van der Waals surface area contributed by atoms with E-state index in [-0.39, 0.29) is 0 Å². The molecule has 1 heterocycles. The van der Waals surface area contributed by atoms with Crippen molar-refractivity contribution in [2.75, 3.05) is 13.2 Å². The highest BCUT2D eigenvalue weighted by Crippen LogP contribution is 2.45. The second kappa shape index (κ2) is 9.70. The first-order valence-electron chi connectivity index (χ1n) is 11.4. The van der Waals surface area contributed by atoms with Crippen molar-refractivity contribution in [1.29, 1.82) is 0 Å². The van der Waals surface area contributed by atoms with E-state index in [1.54, 1.807) is 0 Å². The number of halogens is 2. The van der Waals surface area contributed by atoms with Crippen LogP contribution in [0.3, 0.4) is 0 Å². The highest BCUT2D eigenvalue weighted by molar-refractivity contribution is 5.24. The zero-order valence-corrected chi connectivity index (χ0v) is 17.5. The fraction of sp³-hybridized carbons (Fsp3) is 0.680. The van der Waals surface area contributed by atoms with Gasteiger partial charge in [0.15, 0.2) is 6.29 Å². The van der Waals surface area contributed by atoms with E-state index >= 15 is 0 Å². The van der Waals surface area contributed by atoms with Gasteiger partial charge in [0.1, 0.15) is 0 Å². The second-order valence-corrected chi connectivity index (χ2v) is 9.45. The molecule has 29 heavy (non-hydrogen) atoms. The Morgan fingerprint density at radius 2 is 1.24 bits per heavy atom. The summed E-state index contributed by atoms with van der Waals surface area (Å²) in [6.07, 6.45) is 8.65. The molecule has 0 unspecified atom stereocenters. The van der Waals surface area contributed by atoms with Gasteiger partial charge in [-0.2, -0.15) is 8.78 Å². The molecule has 1 saturated heterocycles. The number of hydrogen-bond donors (Lipinski definition) is 0. The molecule has 1 aliphatic heterocycles. The average molecular weight is 405 g/mol. The van der Waals surface area contributed by atoms with Gasteiger partial charge in [0.25, 0.3) is 6.08 Å². The Kier molecular flexibility index (Phi) is 7.02. The van der Waals surface area contributed by atoms with Gasteiger partial charge in [0.2, 0.25) is 0 Å². The van der Waals surface area contributed by atoms with Crippen LogP contribution < -0.4 is 0 Å². The smallest absolute Gasteiger partial charge is 0.271 e. The molecule has 3 aliphatic rings. The first-order valence-corrected chi connectivity index (χ1v) is 11.4. The second-order valence-electron chi connectivity index (χ2n) is 9.45. The van der Waals surface area contributed by atoms with Crippen LogP contribution in [0.5, 0.6) is 0 Å². The first-order chi connectivity index (χ1) is 14.1. The molecule has 0 aromatic heterocycles. The summed E-state index contributed by atoms with van der Waals surface area (Å²) in [6.45, 7) is 3.25. The standard InChI is InChI=1S/C25H34F2O2/c1-17-2-4-18(5-3-17)19-6-8-20(9-7-19)21-10-12-22(13-11-21)23-15-28-25(29-16-23)14-24(26)27/h2-5,14,19-23,25H,6-13,15-16H2,1H3. The Balaban J connectivity index is 1.20. The summed E-state index contributed by atoms with van der Waals surface area (Å²) in [6, 6.07) is 9.13. The number of hydrogen-bond acceptors (Lipinski definition) is 2. The van der Waals surface area contributed by atoms with Gasteiger partial charge in [-0.1, -0.05) is 29.8 Å². The van der Waals surface area contributed by atoms with Crippen LogP contribution in [0.25, 0.3) is 0 Å². The Labute approximate surface area is 173 Å². The maximum absolute atomic E-state index is 12.3. The molecular formula is C25H34F2O2. The molecular weight excluding hydrogens is 370 g/mol. The highest BCUT2D eigenvalue weighted by atomic mass is 19.3. The third kappa shape index (κ3) is 5.46. The largest absolute Gasteiger partial charge is 0.348 e. The Morgan fingerprint density at radius 1 is 0.759 bits per heavy atom. The van der Waals surface area contributed by atoms with Crippen LogP contribution in [0.15, 0.2) is 36.4 Å². The summed E-state index contributed by atoms with van der Waals surface area (Å²) in [5.74, 6) is 3.48. The van der Waals surface area contributed by atoms with Crippen molar-refractivity contribution >= 4 is 0 Å². The molecule has 0 atom stereocenters. The number of rotatable bonds is 4. The Hall–Kier alpha value is -1.26. The van der Waals surface area contributed by atoms with Crippen LogP contribution in [-0.2, 0) is 9.47 Å². The molecule has 1 aromatic carbocycles. The van der Waals surface area contributed by atoms with E-state index in [0.29, 0.717) is 25.0 Å². The summed E-state index contributed by atoms with van der Waals surface area (Å²) in [7, 11) is 0. The van der Waals surface area contributed by atoms with Crippen molar-refractivity contribution in [3.63, 3.8) is 0 Å². The van der Waals surface area contributed by atoms with Crippen LogP contribution >= 0.6 is 0 Å². The Bertz CT molecular complexity index is 659. The Morgan fingerprint density at radius 3 is 1.76 bits per heavy atom. The zero-order valence-electron chi connectivity index (χ0n) is 17.5. The lowest BCUT2D eigenvalue weighted by Crippen LogP contribution is -2.37. The van der Waals surface area contributed by atoms with E-state index in [4.69, 9.17) is 9.47 Å². The van der Waals surface area contributed by atoms with Gasteiger partial charge in [0, 0.05) is 12.0 Å². The third-order valence-electron chi connectivity index (χ3n) is 7.68. The van der Waals surface area contributed by atoms with Crippen molar-refractivity contribution in [2.24, 2.45) is 23.7 Å². The lowest BCUT2D eigenvalue weighted by Gasteiger charge is -2.41. The van der Waals surface area contributed by atoms with Gasteiger partial charge in [-0.15, -0.1) is 0 Å². The van der Waals surface area contributed by atoms with Crippen molar-refractivity contribution < 1.29 is 18.3 Å². The molecule has 0 radical (unpaired) electrons. The maximum Gasteiger partial charge on any atom is 0.271 e. The lowest BCUT2D eigenvalue weighted by molar-refractivity contribution is -0.187. The first kappa shape index (κ1) is 21.0. The molecule has 160 valence electrons. The lowest BCUT2D eigenvalue weighted by atomic mass is 9.67. The number of benzene rings is 1. The molecule has 0 N–H and O–H groups in total. The molecule has 4 heteroatoms. The summed E-state index contributed by atoms with van der Waals surface area (Å²) >= 11 is 0. The van der Waals surface area contributed by atoms with Crippen LogP contribution in [0.2, 0.25) is 0 Å². The minimum Gasteiger partial charge on any atom is -0.348 e. The van der Waals surface area contributed by atoms with E-state index in [1.165, 1.54) is 62.5 Å². The number of ether oxygens (including phenoxy) is 2. The van der Waals surface area contributed by atoms with Crippen LogP contribution in [0, 0.1) is 30.6 Å². The fourth-order valence-corrected chi connectivity index (χ4v) is 5.85. The van der Waals surface area contributed by atoms with Crippen molar-refractivity contribution in [2.45, 2.75) is 70.5 Å². The fourth-order valence-electron chi connectivity index (χ4n) is 5.85. The average Bonchev–Trinajstić information content (AvgIpc) is 2.75. The van der Waals surface area contributed by atoms with Crippen LogP contribution in [0.4, 0.5) is 8.78 Å². The van der Waals surface area contributed by atoms with Gasteiger partial charge in [-0.3, -0.25) is 0 Å². The monoisotopic (exact) mass is 404 g/mol. The van der Waals surface area contributed by atoms with E-state index in [0.717, 1.165) is 23.8 Å². The maximum atomic E-state index is 12.3. The van der Waals surface area contributed by atoms with Crippen LogP contribution in [-0.4, -0.2) is 19.5 Å². The van der Waals surface area contributed by atoms with Gasteiger partial charge in [-0.25, -0.2) is 0 Å². The van der Waals surface area contributed by atoms with E-state index in [9.17, 15) is 8.78 Å². The molecule has 0 spiro atoms. The molecule has 2 aliphatic carbocycles. The predicted molar refractivity (Wildman–Crippen MR) is 111 cm³/mol. The van der Waals surface area contributed by atoms with Gasteiger partial charge < -0.3 is 9.47 Å². The molecule has 1 aromatic rings. The minimum absolute atomic E-state index is 0.362. The summed E-state index contributed by atoms with van der Waals surface area (Å²) < 4.78 is 35.6. The molecule has 2 nitrogen and oxygen atoms in total. The summed E-state index contributed by atoms with van der Waals surface area (Å²) in [5, 5.41) is 0. The molecule has 2 saturated carbocycles. The van der Waals surface area contributed by atoms with E-state index in [1.807, 2.05) is 0 Å². The predicted octanol–water partition coefficient (Wildman–Crippen LogP) is 6.84.